The monoisotopic (exact) mass is 278 g/mol. The minimum atomic E-state index is -4.60. The van der Waals surface area contributed by atoms with Crippen LogP contribution in [0.3, 0.4) is 0 Å². The first kappa shape index (κ1) is 16.4. The molecule has 0 aliphatic carbocycles. The highest BCUT2D eigenvalue weighted by molar-refractivity contribution is 5.85. The van der Waals surface area contributed by atoms with E-state index in [1.54, 1.807) is 0 Å². The molecule has 17 heavy (non-hydrogen) atoms. The van der Waals surface area contributed by atoms with E-state index < -0.39 is 24.3 Å². The van der Waals surface area contributed by atoms with Crippen molar-refractivity contribution in [1.82, 2.24) is 10.6 Å². The van der Waals surface area contributed by atoms with Crippen molar-refractivity contribution in [3.05, 3.63) is 0 Å². The summed E-state index contributed by atoms with van der Waals surface area (Å²) in [6.07, 6.45) is -3.04. The Bertz CT molecular complexity index is 265. The van der Waals surface area contributed by atoms with Crippen molar-refractivity contribution in [2.45, 2.75) is 44.2 Å². The summed E-state index contributed by atoms with van der Waals surface area (Å²) in [5.74, 6) is -6.49. The van der Waals surface area contributed by atoms with Gasteiger partial charge in [0.2, 0.25) is 0 Å². The first-order chi connectivity index (χ1) is 7.34. The van der Waals surface area contributed by atoms with Gasteiger partial charge in [0.15, 0.2) is 0 Å². The molecule has 0 spiro atoms. The summed E-state index contributed by atoms with van der Waals surface area (Å²) >= 11 is 0. The maximum atomic E-state index is 12.6. The zero-order valence-corrected chi connectivity index (χ0v) is 10.00. The Labute approximate surface area is 103 Å². The van der Waals surface area contributed by atoms with Gasteiger partial charge in [0.25, 0.3) is 5.91 Å². The number of hydrogen-bond donors (Lipinski definition) is 2. The van der Waals surface area contributed by atoms with Crippen molar-refractivity contribution in [2.75, 3.05) is 6.54 Å². The second-order valence-corrected chi connectivity index (χ2v) is 3.97. The van der Waals surface area contributed by atoms with Crippen molar-refractivity contribution in [3.8, 4) is 0 Å². The molecule has 3 nitrogen and oxygen atoms in total. The fourth-order valence-electron chi connectivity index (χ4n) is 1.64. The summed E-state index contributed by atoms with van der Waals surface area (Å²) in [5, 5.41) is 5.02. The van der Waals surface area contributed by atoms with Gasteiger partial charge in [0.1, 0.15) is 0 Å². The molecule has 1 heterocycles. The third-order valence-corrected chi connectivity index (χ3v) is 2.54. The second-order valence-electron chi connectivity index (χ2n) is 3.97. The molecule has 2 atom stereocenters. The van der Waals surface area contributed by atoms with E-state index in [0.717, 1.165) is 0 Å². The molecule has 0 saturated carbocycles. The quantitative estimate of drug-likeness (QED) is 0.770. The lowest BCUT2D eigenvalue weighted by Gasteiger charge is -2.29. The molecule has 1 aliphatic heterocycles. The number of carbonyl (C=O) groups is 1. The van der Waals surface area contributed by atoms with Gasteiger partial charge in [-0.25, -0.2) is 8.78 Å². The summed E-state index contributed by atoms with van der Waals surface area (Å²) in [6, 6.07) is -0.382. The highest BCUT2D eigenvalue weighted by atomic mass is 35.5. The highest BCUT2D eigenvalue weighted by Gasteiger charge is 2.49. The molecule has 0 aromatic carbocycles. The number of piperidine rings is 1. The Kier molecular flexibility index (Phi) is 6.18. The molecular formula is C9H15ClF4N2O. The van der Waals surface area contributed by atoms with Gasteiger partial charge in [-0.1, -0.05) is 0 Å². The molecule has 2 N–H and O–H groups in total. The van der Waals surface area contributed by atoms with Crippen molar-refractivity contribution in [3.63, 3.8) is 0 Å². The molecule has 1 rings (SSSR count). The van der Waals surface area contributed by atoms with Crippen molar-refractivity contribution in [1.29, 1.82) is 0 Å². The Morgan fingerprint density at radius 1 is 1.47 bits per heavy atom. The summed E-state index contributed by atoms with van der Waals surface area (Å²) < 4.78 is 49.0. The van der Waals surface area contributed by atoms with Gasteiger partial charge in [-0.2, -0.15) is 8.78 Å². The Morgan fingerprint density at radius 2 is 2.06 bits per heavy atom. The molecular weight excluding hydrogens is 264 g/mol. The number of amides is 1. The van der Waals surface area contributed by atoms with E-state index in [1.807, 2.05) is 12.2 Å². The molecule has 0 radical (unpaired) electrons. The minimum Gasteiger partial charge on any atom is -0.348 e. The largest absolute Gasteiger partial charge is 0.383 e. The van der Waals surface area contributed by atoms with Crippen LogP contribution < -0.4 is 10.6 Å². The summed E-state index contributed by atoms with van der Waals surface area (Å²) in [4.78, 5) is 10.9. The van der Waals surface area contributed by atoms with E-state index >= 15 is 0 Å². The molecule has 1 aliphatic rings. The number of rotatable bonds is 3. The first-order valence-electron chi connectivity index (χ1n) is 5.04. The Morgan fingerprint density at radius 3 is 2.53 bits per heavy atom. The lowest BCUT2D eigenvalue weighted by molar-refractivity contribution is -0.170. The molecule has 0 aromatic heterocycles. The molecule has 2 unspecified atom stereocenters. The zero-order chi connectivity index (χ0) is 12.3. The normalized spacial score (nSPS) is 25.3. The summed E-state index contributed by atoms with van der Waals surface area (Å²) in [7, 11) is 0. The van der Waals surface area contributed by atoms with Crippen LogP contribution in [-0.4, -0.2) is 36.9 Å². The average molecular weight is 279 g/mol. The van der Waals surface area contributed by atoms with Crippen LogP contribution in [-0.2, 0) is 4.79 Å². The number of hydrogen-bond acceptors (Lipinski definition) is 2. The highest BCUT2D eigenvalue weighted by Crippen LogP contribution is 2.23. The van der Waals surface area contributed by atoms with Crippen LogP contribution in [0.4, 0.5) is 17.6 Å². The number of nitrogens with one attached hydrogen (secondary N) is 2. The number of carbonyl (C=O) groups excluding carboxylic acids is 1. The van der Waals surface area contributed by atoms with E-state index in [1.165, 1.54) is 0 Å². The van der Waals surface area contributed by atoms with Crippen LogP contribution in [0.5, 0.6) is 0 Å². The van der Waals surface area contributed by atoms with Gasteiger partial charge >= 0.3 is 12.3 Å². The van der Waals surface area contributed by atoms with Crippen LogP contribution in [0.1, 0.15) is 19.8 Å². The zero-order valence-electron chi connectivity index (χ0n) is 9.18. The van der Waals surface area contributed by atoms with E-state index in [0.29, 0.717) is 19.4 Å². The molecule has 1 amide bonds. The van der Waals surface area contributed by atoms with Crippen LogP contribution in [0.2, 0.25) is 0 Å². The van der Waals surface area contributed by atoms with Gasteiger partial charge in [-0.05, 0) is 26.3 Å². The minimum absolute atomic E-state index is 0. The summed E-state index contributed by atoms with van der Waals surface area (Å²) in [6.45, 7) is 2.41. The molecule has 0 bridgehead atoms. The smallest absolute Gasteiger partial charge is 0.348 e. The van der Waals surface area contributed by atoms with Crippen molar-refractivity contribution >= 4 is 18.3 Å². The number of halogens is 5. The molecule has 1 fully saturated rings. The number of alkyl halides is 4. The van der Waals surface area contributed by atoms with Crippen LogP contribution in [0.25, 0.3) is 0 Å². The average Bonchev–Trinajstić information content (AvgIpc) is 2.17. The van der Waals surface area contributed by atoms with E-state index in [-0.39, 0.29) is 18.4 Å². The lowest BCUT2D eigenvalue weighted by atomic mass is 10.0. The maximum Gasteiger partial charge on any atom is 0.383 e. The Hall–Kier alpha value is -0.560. The standard InChI is InChI=1S/C9H14F4N2O.ClH/c1-5-4-6(2-3-14-5)15-8(16)9(12,13)7(10)11;/h5-7,14H,2-4H2,1H3,(H,15,16);1H. The Balaban J connectivity index is 0.00000256. The molecule has 0 aromatic rings. The van der Waals surface area contributed by atoms with Crippen LogP contribution >= 0.6 is 12.4 Å². The van der Waals surface area contributed by atoms with Crippen molar-refractivity contribution in [2.24, 2.45) is 0 Å². The van der Waals surface area contributed by atoms with Gasteiger partial charge in [-0.15, -0.1) is 12.4 Å². The fourth-order valence-corrected chi connectivity index (χ4v) is 1.64. The maximum absolute atomic E-state index is 12.6. The first-order valence-corrected chi connectivity index (χ1v) is 5.04. The van der Waals surface area contributed by atoms with Crippen LogP contribution in [0, 0.1) is 0 Å². The molecule has 102 valence electrons. The lowest BCUT2D eigenvalue weighted by Crippen LogP contribution is -2.53. The van der Waals surface area contributed by atoms with E-state index in [4.69, 9.17) is 0 Å². The summed E-state index contributed by atoms with van der Waals surface area (Å²) in [5.41, 5.74) is 0. The topological polar surface area (TPSA) is 41.1 Å². The predicted octanol–water partition coefficient (Wildman–Crippen LogP) is 1.57. The predicted molar refractivity (Wildman–Crippen MR) is 56.8 cm³/mol. The van der Waals surface area contributed by atoms with Gasteiger partial charge in [0, 0.05) is 12.1 Å². The van der Waals surface area contributed by atoms with Gasteiger partial charge in [0.05, 0.1) is 0 Å². The van der Waals surface area contributed by atoms with E-state index in [2.05, 4.69) is 5.32 Å². The SMILES string of the molecule is CC1CC(NC(=O)C(F)(F)C(F)F)CCN1.Cl. The van der Waals surface area contributed by atoms with Crippen molar-refractivity contribution < 1.29 is 22.4 Å². The van der Waals surface area contributed by atoms with Gasteiger partial charge < -0.3 is 10.6 Å². The third-order valence-electron chi connectivity index (χ3n) is 2.54. The van der Waals surface area contributed by atoms with Gasteiger partial charge in [-0.3, -0.25) is 4.79 Å². The molecule has 1 saturated heterocycles. The third kappa shape index (κ3) is 4.31. The van der Waals surface area contributed by atoms with Crippen LogP contribution in [0.15, 0.2) is 0 Å². The molecule has 8 heteroatoms. The fraction of sp³-hybridized carbons (Fsp3) is 0.889. The second kappa shape index (κ2) is 6.39. The van der Waals surface area contributed by atoms with E-state index in [9.17, 15) is 22.4 Å².